The van der Waals surface area contributed by atoms with Gasteiger partial charge in [-0.1, -0.05) is 30.3 Å². The maximum absolute atomic E-state index is 6.39. The highest BCUT2D eigenvalue weighted by Gasteiger charge is 2.90. The second kappa shape index (κ2) is 7.99. The molecule has 5 aliphatic carbocycles. The van der Waals surface area contributed by atoms with Crippen LogP contribution in [0, 0.1) is 29.1 Å². The van der Waals surface area contributed by atoms with Crippen molar-refractivity contribution in [1.29, 1.82) is 0 Å². The molecule has 4 heterocycles. The van der Waals surface area contributed by atoms with E-state index in [9.17, 15) is 0 Å². The molecule has 0 bridgehead atoms. The lowest BCUT2D eigenvalue weighted by atomic mass is 9.11. The molecular formula is C43H29N3O2. The lowest BCUT2D eigenvalue weighted by molar-refractivity contribution is -0.412. The normalized spacial score (nSPS) is 28.3. The van der Waals surface area contributed by atoms with Crippen LogP contribution in [0.1, 0.15) is 30.4 Å². The SMILES string of the molecule is c1ccc2c(c1)-c1ccc(N(c3ccc4c(c3)oc3ccncc34)c3ccc4c(c3)oc3ccncc34)cc1C21C2CC3CC4CC1C342. The van der Waals surface area contributed by atoms with E-state index in [0.29, 0.717) is 5.41 Å². The van der Waals surface area contributed by atoms with Crippen LogP contribution in [-0.4, -0.2) is 9.97 Å². The van der Waals surface area contributed by atoms with E-state index in [-0.39, 0.29) is 5.41 Å². The van der Waals surface area contributed by atoms with Gasteiger partial charge in [0.1, 0.15) is 22.3 Å². The van der Waals surface area contributed by atoms with E-state index in [1.165, 1.54) is 30.4 Å². The van der Waals surface area contributed by atoms with Crippen molar-refractivity contribution in [2.24, 2.45) is 29.1 Å². The molecule has 5 nitrogen and oxygen atoms in total. The molecule has 0 radical (unpaired) electrons. The third kappa shape index (κ3) is 2.53. The molecule has 0 saturated heterocycles. The summed E-state index contributed by atoms with van der Waals surface area (Å²) in [4.78, 5) is 11.1. The molecule has 5 aliphatic rings. The summed E-state index contributed by atoms with van der Waals surface area (Å²) in [5.74, 6) is 3.51. The maximum atomic E-state index is 6.39. The van der Waals surface area contributed by atoms with Crippen LogP contribution in [0.3, 0.4) is 0 Å². The Morgan fingerprint density at radius 3 is 1.77 bits per heavy atom. The van der Waals surface area contributed by atoms with Gasteiger partial charge in [0.25, 0.3) is 0 Å². The fraction of sp³-hybridized carbons (Fsp3) is 0.209. The van der Waals surface area contributed by atoms with E-state index < -0.39 is 0 Å². The Labute approximate surface area is 275 Å². The van der Waals surface area contributed by atoms with Crippen LogP contribution in [0.4, 0.5) is 17.1 Å². The topological polar surface area (TPSA) is 55.3 Å². The van der Waals surface area contributed by atoms with E-state index >= 15 is 0 Å². The van der Waals surface area contributed by atoms with Crippen LogP contribution < -0.4 is 4.90 Å². The predicted octanol–water partition coefficient (Wildman–Crippen LogP) is 10.7. The Bertz CT molecular complexity index is 2600. The third-order valence-electron chi connectivity index (χ3n) is 13.7. The Morgan fingerprint density at radius 1 is 0.542 bits per heavy atom. The lowest BCUT2D eigenvalue weighted by Gasteiger charge is -2.92. The quantitative estimate of drug-likeness (QED) is 0.197. The largest absolute Gasteiger partial charge is 0.456 e. The number of benzene rings is 4. The summed E-state index contributed by atoms with van der Waals surface area (Å²) in [5.41, 5.74) is 13.5. The molecule has 8 aromatic rings. The van der Waals surface area contributed by atoms with Gasteiger partial charge in [-0.25, -0.2) is 0 Å². The van der Waals surface area contributed by atoms with Crippen LogP contribution in [-0.2, 0) is 5.41 Å². The molecule has 2 spiro atoms. The number of pyridine rings is 2. The highest BCUT2D eigenvalue weighted by atomic mass is 16.3. The number of nitrogens with zero attached hydrogens (tertiary/aromatic N) is 3. The van der Waals surface area contributed by atoms with Crippen molar-refractivity contribution in [1.82, 2.24) is 9.97 Å². The number of hydrogen-bond donors (Lipinski definition) is 0. The first-order chi connectivity index (χ1) is 23.7. The van der Waals surface area contributed by atoms with Gasteiger partial charge >= 0.3 is 0 Å². The van der Waals surface area contributed by atoms with Crippen molar-refractivity contribution in [3.8, 4) is 11.1 Å². The summed E-state index contributed by atoms with van der Waals surface area (Å²) >= 11 is 0. The second-order valence-corrected chi connectivity index (χ2v) is 15.0. The maximum Gasteiger partial charge on any atom is 0.138 e. The smallest absolute Gasteiger partial charge is 0.138 e. The number of aromatic nitrogens is 2. The van der Waals surface area contributed by atoms with E-state index in [4.69, 9.17) is 8.83 Å². The molecule has 4 fully saturated rings. The van der Waals surface area contributed by atoms with Gasteiger partial charge in [0.15, 0.2) is 0 Å². The minimum Gasteiger partial charge on any atom is -0.456 e. The van der Waals surface area contributed by atoms with Gasteiger partial charge in [-0.15, -0.1) is 0 Å². The van der Waals surface area contributed by atoms with E-state index in [1.807, 2.05) is 24.5 Å². The molecule has 4 saturated carbocycles. The molecule has 0 aliphatic heterocycles. The molecule has 4 aromatic heterocycles. The highest BCUT2D eigenvalue weighted by molar-refractivity contribution is 6.07. The first kappa shape index (κ1) is 24.7. The van der Waals surface area contributed by atoms with Gasteiger partial charge in [0.05, 0.1) is 0 Å². The minimum atomic E-state index is 0.145. The first-order valence-electron chi connectivity index (χ1n) is 17.3. The standard InChI is InChI=1S/C43H29N3O2/c1-2-4-34-28(3-1)29-8-5-25(18-35(29)43(34)40-16-23-15-24-17-41(43)42(23,24)40)46(26-6-9-30-32-21-44-13-11-36(32)47-38(30)19-26)27-7-10-31-33-22-45-14-12-37(33)48-39(31)20-27/h1-14,18-24,40-41H,15-17H2. The van der Waals surface area contributed by atoms with E-state index in [1.54, 1.807) is 23.5 Å². The molecule has 0 N–H and O–H groups in total. The van der Waals surface area contributed by atoms with Gasteiger partial charge in [0, 0.05) is 80.9 Å². The van der Waals surface area contributed by atoms with Crippen molar-refractivity contribution in [3.63, 3.8) is 0 Å². The summed E-state index contributed by atoms with van der Waals surface area (Å²) in [6.07, 6.45) is 11.6. The minimum absolute atomic E-state index is 0.145. The van der Waals surface area contributed by atoms with E-state index in [0.717, 1.165) is 84.6 Å². The highest BCUT2D eigenvalue weighted by Crippen LogP contribution is 2.94. The zero-order chi connectivity index (χ0) is 30.9. The van der Waals surface area contributed by atoms with Gasteiger partial charge in [-0.2, -0.15) is 0 Å². The monoisotopic (exact) mass is 619 g/mol. The van der Waals surface area contributed by atoms with Crippen LogP contribution in [0.15, 0.2) is 125 Å². The van der Waals surface area contributed by atoms with Crippen molar-refractivity contribution in [2.45, 2.75) is 24.7 Å². The second-order valence-electron chi connectivity index (χ2n) is 15.0. The molecule has 228 valence electrons. The summed E-state index contributed by atoms with van der Waals surface area (Å²) in [5, 5.41) is 4.22. The van der Waals surface area contributed by atoms with Crippen LogP contribution in [0.2, 0.25) is 0 Å². The molecule has 13 rings (SSSR count). The van der Waals surface area contributed by atoms with Gasteiger partial charge in [-0.3, -0.25) is 9.97 Å². The van der Waals surface area contributed by atoms with Crippen LogP contribution >= 0.6 is 0 Å². The summed E-state index contributed by atoms with van der Waals surface area (Å²) in [6.45, 7) is 0. The zero-order valence-electron chi connectivity index (χ0n) is 26.1. The number of furan rings is 2. The molecule has 4 unspecified atom stereocenters. The zero-order valence-corrected chi connectivity index (χ0v) is 26.1. The Hall–Kier alpha value is -5.42. The Morgan fingerprint density at radius 2 is 1.12 bits per heavy atom. The van der Waals surface area contributed by atoms with Gasteiger partial charge in [0.2, 0.25) is 0 Å². The summed E-state index contributed by atoms with van der Waals surface area (Å²) < 4.78 is 12.8. The average Bonchev–Trinajstić information content (AvgIpc) is 3.74. The first-order valence-corrected chi connectivity index (χ1v) is 17.3. The van der Waals surface area contributed by atoms with Crippen molar-refractivity contribution in [3.05, 3.63) is 127 Å². The number of fused-ring (bicyclic) bond motifs is 13. The molecular weight excluding hydrogens is 590 g/mol. The number of rotatable bonds is 3. The van der Waals surface area contributed by atoms with Crippen LogP contribution in [0.25, 0.3) is 55.0 Å². The summed E-state index contributed by atoms with van der Waals surface area (Å²) in [7, 11) is 0. The van der Waals surface area contributed by atoms with Crippen LogP contribution in [0.5, 0.6) is 0 Å². The Kier molecular flexibility index (Phi) is 4.11. The average molecular weight is 620 g/mol. The molecule has 5 heteroatoms. The fourth-order valence-electron chi connectivity index (χ4n) is 12.0. The predicted molar refractivity (Wildman–Crippen MR) is 188 cm³/mol. The molecule has 4 atom stereocenters. The van der Waals surface area contributed by atoms with Crippen molar-refractivity contribution >= 4 is 60.9 Å². The van der Waals surface area contributed by atoms with Gasteiger partial charge < -0.3 is 13.7 Å². The number of anilines is 3. The van der Waals surface area contributed by atoms with E-state index in [2.05, 4.69) is 93.7 Å². The van der Waals surface area contributed by atoms with Gasteiger partial charge in [-0.05, 0) is 119 Å². The summed E-state index contributed by atoms with van der Waals surface area (Å²) in [6, 6.07) is 33.6. The molecule has 48 heavy (non-hydrogen) atoms. The third-order valence-corrected chi connectivity index (χ3v) is 13.7. The molecule has 4 aromatic carbocycles. The number of hydrogen-bond acceptors (Lipinski definition) is 5. The lowest BCUT2D eigenvalue weighted by Crippen LogP contribution is -2.88. The molecule has 0 amide bonds. The van der Waals surface area contributed by atoms with Crippen molar-refractivity contribution in [2.75, 3.05) is 4.90 Å². The fourth-order valence-corrected chi connectivity index (χ4v) is 12.0. The Balaban J connectivity index is 1.04. The van der Waals surface area contributed by atoms with Crippen molar-refractivity contribution < 1.29 is 8.83 Å².